The van der Waals surface area contributed by atoms with Gasteiger partial charge < -0.3 is 15.0 Å². The third-order valence-corrected chi connectivity index (χ3v) is 3.85. The molecule has 0 aliphatic carbocycles. The van der Waals surface area contributed by atoms with Gasteiger partial charge in [0.2, 0.25) is 10.0 Å². The maximum atomic E-state index is 11.8. The predicted molar refractivity (Wildman–Crippen MR) is 62.2 cm³/mol. The lowest BCUT2D eigenvalue weighted by Crippen LogP contribution is -2.53. The molecule has 0 aliphatic rings. The Kier molecular flexibility index (Phi) is 4.69. The molecule has 2 N–H and O–H groups in total. The van der Waals surface area contributed by atoms with Gasteiger partial charge in [0.1, 0.15) is 0 Å². The predicted octanol–water partition coefficient (Wildman–Crippen LogP) is -0.882. The number of rotatable bonds is 5. The molecule has 0 radical (unpaired) electrons. The molecule has 0 fully saturated rings. The summed E-state index contributed by atoms with van der Waals surface area (Å²) in [4.78, 5) is 10.5. The number of carbonyl (C=O) groups is 1. The molecule has 0 amide bonds. The van der Waals surface area contributed by atoms with Crippen LogP contribution in [0.2, 0.25) is 5.02 Å². The molecule has 0 bridgehead atoms. The van der Waals surface area contributed by atoms with Gasteiger partial charge in [-0.1, -0.05) is 11.6 Å². The highest BCUT2D eigenvalue weighted by atomic mass is 35.5. The number of aliphatic hydroxyl groups is 1. The largest absolute Gasteiger partial charge is 0.548 e. The second-order valence-electron chi connectivity index (χ2n) is 3.61. The number of carboxylic acids is 1. The minimum atomic E-state index is -4.06. The molecule has 0 unspecified atom stereocenters. The first-order valence-electron chi connectivity index (χ1n) is 4.91. The number of carbonyl (C=O) groups excluding carboxylic acids is 1. The van der Waals surface area contributed by atoms with Crippen molar-refractivity contribution in [2.45, 2.75) is 24.0 Å². The molecule has 6 nitrogen and oxygen atoms in total. The molecule has 0 aliphatic heterocycles. The highest BCUT2D eigenvalue weighted by molar-refractivity contribution is 7.89. The van der Waals surface area contributed by atoms with Crippen LogP contribution in [0.3, 0.4) is 0 Å². The summed E-state index contributed by atoms with van der Waals surface area (Å²) in [6.45, 7) is 1.14. The van der Waals surface area contributed by atoms with E-state index in [1.807, 2.05) is 4.72 Å². The maximum Gasteiger partial charge on any atom is 0.241 e. The fraction of sp³-hybridized carbons (Fsp3) is 0.300. The van der Waals surface area contributed by atoms with Crippen LogP contribution in [0.4, 0.5) is 0 Å². The number of aliphatic carboxylic acids is 1. The van der Waals surface area contributed by atoms with E-state index >= 15 is 0 Å². The summed E-state index contributed by atoms with van der Waals surface area (Å²) >= 11 is 5.61. The standard InChI is InChI=1S/C10H12ClNO5S/c1-6(13)9(10(14)15)12-18(16,17)8-4-2-7(11)3-5-8/h2-6,9,12-13H,1H3,(H,14,15)/p-1/t6-,9+/m0/s1. The van der Waals surface area contributed by atoms with Gasteiger partial charge in [-0.25, -0.2) is 8.42 Å². The molecule has 0 saturated heterocycles. The van der Waals surface area contributed by atoms with Crippen LogP contribution in [-0.4, -0.2) is 31.6 Å². The van der Waals surface area contributed by atoms with Crippen LogP contribution in [0.25, 0.3) is 0 Å². The third-order valence-electron chi connectivity index (χ3n) is 2.14. The van der Waals surface area contributed by atoms with Crippen molar-refractivity contribution in [1.82, 2.24) is 4.72 Å². The van der Waals surface area contributed by atoms with E-state index in [1.165, 1.54) is 24.3 Å². The minimum absolute atomic E-state index is 0.154. The van der Waals surface area contributed by atoms with Crippen molar-refractivity contribution < 1.29 is 23.4 Å². The highest BCUT2D eigenvalue weighted by Gasteiger charge is 2.24. The normalized spacial score (nSPS) is 15.1. The first kappa shape index (κ1) is 14.9. The van der Waals surface area contributed by atoms with Crippen molar-refractivity contribution in [3.05, 3.63) is 29.3 Å². The quantitative estimate of drug-likeness (QED) is 0.733. The molecule has 100 valence electrons. The third kappa shape index (κ3) is 3.67. The topological polar surface area (TPSA) is 107 Å². The first-order valence-corrected chi connectivity index (χ1v) is 6.77. The van der Waals surface area contributed by atoms with Crippen molar-refractivity contribution in [1.29, 1.82) is 0 Å². The lowest BCUT2D eigenvalue weighted by molar-refractivity contribution is -0.309. The smallest absolute Gasteiger partial charge is 0.241 e. The second kappa shape index (κ2) is 5.66. The van der Waals surface area contributed by atoms with Gasteiger partial charge in [0, 0.05) is 5.02 Å². The first-order chi connectivity index (χ1) is 8.24. The van der Waals surface area contributed by atoms with E-state index in [1.54, 1.807) is 0 Å². The SMILES string of the molecule is C[C@H](O)[C@@H](NS(=O)(=O)c1ccc(Cl)cc1)C(=O)[O-]. The van der Waals surface area contributed by atoms with E-state index < -0.39 is 28.1 Å². The molecular formula is C10H11ClNO5S-. The number of aliphatic hydroxyl groups excluding tert-OH is 1. The lowest BCUT2D eigenvalue weighted by Gasteiger charge is -2.22. The van der Waals surface area contributed by atoms with Crippen molar-refractivity contribution in [3.63, 3.8) is 0 Å². The van der Waals surface area contributed by atoms with Gasteiger partial charge in [-0.05, 0) is 31.2 Å². The van der Waals surface area contributed by atoms with E-state index in [2.05, 4.69) is 0 Å². The Morgan fingerprint density at radius 3 is 2.28 bits per heavy atom. The van der Waals surface area contributed by atoms with E-state index in [-0.39, 0.29) is 4.90 Å². The van der Waals surface area contributed by atoms with Gasteiger partial charge in [-0.15, -0.1) is 0 Å². The minimum Gasteiger partial charge on any atom is -0.548 e. The molecule has 1 aromatic carbocycles. The molecule has 0 heterocycles. The summed E-state index contributed by atoms with van der Waals surface area (Å²) in [5.74, 6) is -1.71. The van der Waals surface area contributed by atoms with Crippen LogP contribution in [-0.2, 0) is 14.8 Å². The molecule has 1 rings (SSSR count). The molecule has 0 aromatic heterocycles. The molecule has 2 atom stereocenters. The molecule has 1 aromatic rings. The zero-order valence-corrected chi connectivity index (χ0v) is 10.9. The Morgan fingerprint density at radius 2 is 1.89 bits per heavy atom. The number of carboxylic acid groups (broad SMARTS) is 1. The summed E-state index contributed by atoms with van der Waals surface area (Å²) < 4.78 is 25.5. The maximum absolute atomic E-state index is 11.8. The van der Waals surface area contributed by atoms with E-state index in [0.29, 0.717) is 5.02 Å². The molecule has 8 heteroatoms. The van der Waals surface area contributed by atoms with Crippen molar-refractivity contribution >= 4 is 27.6 Å². The van der Waals surface area contributed by atoms with Crippen LogP contribution in [0.15, 0.2) is 29.2 Å². The Hall–Kier alpha value is -1.15. The van der Waals surface area contributed by atoms with Gasteiger partial charge in [0.05, 0.1) is 23.0 Å². The number of halogens is 1. The number of nitrogens with one attached hydrogen (secondary N) is 1. The lowest BCUT2D eigenvalue weighted by atomic mass is 10.2. The molecule has 0 saturated carbocycles. The monoisotopic (exact) mass is 292 g/mol. The van der Waals surface area contributed by atoms with Gasteiger partial charge in [-0.3, -0.25) is 0 Å². The van der Waals surface area contributed by atoms with Crippen LogP contribution in [0.1, 0.15) is 6.92 Å². The summed E-state index contributed by atoms with van der Waals surface area (Å²) in [6, 6.07) is 3.43. The number of hydrogen-bond donors (Lipinski definition) is 2. The average molecular weight is 293 g/mol. The van der Waals surface area contributed by atoms with Crippen LogP contribution < -0.4 is 9.83 Å². The Bertz CT molecular complexity index is 526. The fourth-order valence-electron chi connectivity index (χ4n) is 1.19. The van der Waals surface area contributed by atoms with E-state index in [9.17, 15) is 18.3 Å². The van der Waals surface area contributed by atoms with Crippen molar-refractivity contribution in [3.8, 4) is 0 Å². The summed E-state index contributed by atoms with van der Waals surface area (Å²) in [5, 5.41) is 20.2. The van der Waals surface area contributed by atoms with Crippen molar-refractivity contribution in [2.75, 3.05) is 0 Å². The Balaban J connectivity index is 3.01. The molecule has 0 spiro atoms. The summed E-state index contributed by atoms with van der Waals surface area (Å²) in [6.07, 6.45) is -1.42. The highest BCUT2D eigenvalue weighted by Crippen LogP contribution is 2.14. The number of benzene rings is 1. The number of sulfonamides is 1. The van der Waals surface area contributed by atoms with Crippen molar-refractivity contribution in [2.24, 2.45) is 0 Å². The van der Waals surface area contributed by atoms with Crippen LogP contribution >= 0.6 is 11.6 Å². The second-order valence-corrected chi connectivity index (χ2v) is 5.76. The van der Waals surface area contributed by atoms with Crippen LogP contribution in [0, 0.1) is 0 Å². The zero-order valence-electron chi connectivity index (χ0n) is 9.33. The summed E-state index contributed by atoms with van der Waals surface area (Å²) in [5.41, 5.74) is 0. The van der Waals surface area contributed by atoms with Crippen LogP contribution in [0.5, 0.6) is 0 Å². The van der Waals surface area contributed by atoms with E-state index in [4.69, 9.17) is 16.7 Å². The van der Waals surface area contributed by atoms with E-state index in [0.717, 1.165) is 6.92 Å². The Morgan fingerprint density at radius 1 is 1.39 bits per heavy atom. The van der Waals surface area contributed by atoms with Gasteiger partial charge in [0.15, 0.2) is 0 Å². The average Bonchev–Trinajstić information content (AvgIpc) is 2.26. The van der Waals surface area contributed by atoms with Gasteiger partial charge in [-0.2, -0.15) is 4.72 Å². The summed E-state index contributed by atoms with van der Waals surface area (Å²) in [7, 11) is -4.06. The Labute approximate surface area is 109 Å². The molecule has 18 heavy (non-hydrogen) atoms. The molecular weight excluding hydrogens is 282 g/mol. The van der Waals surface area contributed by atoms with Gasteiger partial charge in [0.25, 0.3) is 0 Å². The van der Waals surface area contributed by atoms with Gasteiger partial charge >= 0.3 is 0 Å². The zero-order chi connectivity index (χ0) is 13.9. The fourth-order valence-corrected chi connectivity index (χ4v) is 2.58. The number of hydrogen-bond acceptors (Lipinski definition) is 5.